The number of fused-ring (bicyclic) bond motifs is 5. The average molecular weight is 453 g/mol. The summed E-state index contributed by atoms with van der Waals surface area (Å²) in [6.45, 7) is 20.0. The van der Waals surface area contributed by atoms with E-state index in [9.17, 15) is 0 Å². The molecule has 1 aromatic rings. The second kappa shape index (κ2) is 7.69. The molecule has 0 N–H and O–H groups in total. The highest BCUT2D eigenvalue weighted by Crippen LogP contribution is 2.72. The van der Waals surface area contributed by atoms with Crippen molar-refractivity contribution in [3.63, 3.8) is 0 Å². The number of aromatic nitrogens is 2. The Morgan fingerprint density at radius 3 is 2.39 bits per heavy atom. The summed E-state index contributed by atoms with van der Waals surface area (Å²) in [7, 11) is 0. The first-order valence-corrected chi connectivity index (χ1v) is 14.0. The summed E-state index contributed by atoms with van der Waals surface area (Å²) in [6, 6.07) is 0. The average Bonchev–Trinajstić information content (AvgIpc) is 3.30. The molecule has 5 rings (SSSR count). The van der Waals surface area contributed by atoms with Crippen LogP contribution in [0.1, 0.15) is 125 Å². The van der Waals surface area contributed by atoms with Crippen molar-refractivity contribution in [3.8, 4) is 0 Å². The Morgan fingerprint density at radius 2 is 1.67 bits per heavy atom. The van der Waals surface area contributed by atoms with Crippen molar-refractivity contribution in [3.05, 3.63) is 22.5 Å². The first kappa shape index (κ1) is 23.6. The van der Waals surface area contributed by atoms with Gasteiger partial charge in [-0.2, -0.15) is 0 Å². The van der Waals surface area contributed by atoms with E-state index in [1.807, 2.05) is 11.1 Å². The molecule has 1 heterocycles. The van der Waals surface area contributed by atoms with Crippen molar-refractivity contribution in [2.45, 2.75) is 125 Å². The van der Waals surface area contributed by atoms with Gasteiger partial charge in [0.2, 0.25) is 0 Å². The summed E-state index contributed by atoms with van der Waals surface area (Å²) >= 11 is 0. The van der Waals surface area contributed by atoms with Gasteiger partial charge in [0.1, 0.15) is 11.4 Å². The molecule has 0 bridgehead atoms. The number of hydrogen-bond acceptors (Lipinski definition) is 3. The van der Waals surface area contributed by atoms with Crippen molar-refractivity contribution >= 4 is 0 Å². The van der Waals surface area contributed by atoms with E-state index in [-0.39, 0.29) is 10.8 Å². The Morgan fingerprint density at radius 1 is 0.909 bits per heavy atom. The fraction of sp³-hybridized carbons (Fsp3) is 0.867. The van der Waals surface area contributed by atoms with E-state index in [0.29, 0.717) is 16.7 Å². The fourth-order valence-corrected chi connectivity index (χ4v) is 9.83. The molecule has 0 aromatic carbocycles. The summed E-state index contributed by atoms with van der Waals surface area (Å²) in [5, 5.41) is 8.77. The van der Waals surface area contributed by atoms with Crippen LogP contribution in [0.3, 0.4) is 0 Å². The monoisotopic (exact) mass is 452 g/mol. The van der Waals surface area contributed by atoms with Crippen molar-refractivity contribution in [1.29, 1.82) is 0 Å². The van der Waals surface area contributed by atoms with Gasteiger partial charge in [0.05, 0.1) is 0 Å². The van der Waals surface area contributed by atoms with Crippen LogP contribution in [0.25, 0.3) is 0 Å². The van der Waals surface area contributed by atoms with Gasteiger partial charge in [-0.1, -0.05) is 96.1 Å². The smallest absolute Gasteiger partial charge is 0.114 e. The molecule has 1 aromatic heterocycles. The predicted octanol–water partition coefficient (Wildman–Crippen LogP) is 8.30. The van der Waals surface area contributed by atoms with Gasteiger partial charge in [-0.05, 0) is 78.4 Å². The van der Waals surface area contributed by atoms with Crippen molar-refractivity contribution in [2.75, 3.05) is 0 Å². The van der Waals surface area contributed by atoms with Gasteiger partial charge in [0.25, 0.3) is 0 Å². The normalized spacial score (nSPS) is 40.3. The first-order valence-electron chi connectivity index (χ1n) is 14.0. The zero-order chi connectivity index (χ0) is 23.8. The molecular weight excluding hydrogens is 404 g/mol. The zero-order valence-corrected chi connectivity index (χ0v) is 22.7. The van der Waals surface area contributed by atoms with Crippen LogP contribution in [0.4, 0.5) is 0 Å². The minimum Gasteiger partial charge on any atom is -0.244 e. The lowest BCUT2D eigenvalue weighted by Crippen LogP contribution is -2.53. The zero-order valence-electron chi connectivity index (χ0n) is 22.7. The molecule has 6 atom stereocenters. The summed E-state index contributed by atoms with van der Waals surface area (Å²) < 4.78 is 5.27. The number of rotatable bonds is 5. The summed E-state index contributed by atoms with van der Waals surface area (Å²) in [4.78, 5) is 0. The Kier molecular flexibility index (Phi) is 5.50. The van der Waals surface area contributed by atoms with E-state index in [1.54, 1.807) is 0 Å². The molecular formula is C30H48N2O. The van der Waals surface area contributed by atoms with Crippen LogP contribution in [0.2, 0.25) is 0 Å². The number of nitrogens with zero attached hydrogens (tertiary/aromatic N) is 2. The quantitative estimate of drug-likeness (QED) is 0.422. The van der Waals surface area contributed by atoms with Gasteiger partial charge < -0.3 is 0 Å². The Hall–Kier alpha value is -1.12. The number of allylic oxidation sites excluding steroid dienone is 2. The lowest BCUT2D eigenvalue weighted by atomic mass is 9.44. The Bertz CT molecular complexity index is 941. The van der Waals surface area contributed by atoms with Crippen LogP contribution < -0.4 is 0 Å². The predicted molar refractivity (Wildman–Crippen MR) is 135 cm³/mol. The Balaban J connectivity index is 1.48. The van der Waals surface area contributed by atoms with E-state index < -0.39 is 0 Å². The van der Waals surface area contributed by atoms with Gasteiger partial charge in [-0.25, -0.2) is 4.63 Å². The summed E-state index contributed by atoms with van der Waals surface area (Å²) in [6.07, 6.45) is 13.3. The molecule has 1 fully saturated rings. The maximum atomic E-state index is 5.27. The molecule has 0 spiro atoms. The van der Waals surface area contributed by atoms with Crippen LogP contribution in [0.15, 0.2) is 15.8 Å². The molecule has 4 aliphatic carbocycles. The van der Waals surface area contributed by atoms with Crippen LogP contribution >= 0.6 is 0 Å². The largest absolute Gasteiger partial charge is 0.244 e. The standard InChI is InChI=1S/C30H48N2O/c1-19(2)10-9-11-20(3)21-14-16-30(8)23-12-13-25-27(4,5)26-24(31-33-32-26)18-28(25,6)22(23)15-17-29(21,30)7/h19-21,25H,9-18H2,1-8H3/t20-,21+,25+,28-,29-,30+/m1/s1. The third-order valence-corrected chi connectivity index (χ3v) is 11.8. The molecule has 1 saturated carbocycles. The second-order valence-corrected chi connectivity index (χ2v) is 14.1. The molecule has 33 heavy (non-hydrogen) atoms. The van der Waals surface area contributed by atoms with Crippen LogP contribution in [-0.2, 0) is 11.8 Å². The second-order valence-electron chi connectivity index (χ2n) is 14.1. The van der Waals surface area contributed by atoms with Crippen molar-refractivity contribution in [2.24, 2.45) is 39.9 Å². The van der Waals surface area contributed by atoms with Gasteiger partial charge in [-0.15, -0.1) is 0 Å². The van der Waals surface area contributed by atoms with E-state index in [1.165, 1.54) is 57.8 Å². The molecule has 0 radical (unpaired) electrons. The number of hydrogen-bond donors (Lipinski definition) is 0. The molecule has 0 unspecified atom stereocenters. The van der Waals surface area contributed by atoms with E-state index >= 15 is 0 Å². The van der Waals surface area contributed by atoms with Crippen LogP contribution in [0, 0.1) is 39.9 Å². The molecule has 0 amide bonds. The fourth-order valence-electron chi connectivity index (χ4n) is 9.83. The third kappa shape index (κ3) is 3.19. The molecule has 0 aliphatic heterocycles. The van der Waals surface area contributed by atoms with Crippen molar-refractivity contribution < 1.29 is 4.63 Å². The molecule has 3 nitrogen and oxygen atoms in total. The van der Waals surface area contributed by atoms with Gasteiger partial charge >= 0.3 is 0 Å². The van der Waals surface area contributed by atoms with E-state index in [4.69, 9.17) is 4.63 Å². The van der Waals surface area contributed by atoms with Crippen molar-refractivity contribution in [1.82, 2.24) is 10.3 Å². The van der Waals surface area contributed by atoms with E-state index in [0.717, 1.165) is 35.6 Å². The maximum absolute atomic E-state index is 5.27. The van der Waals surface area contributed by atoms with Gasteiger partial charge in [0.15, 0.2) is 0 Å². The van der Waals surface area contributed by atoms with Gasteiger partial charge in [0, 0.05) is 11.8 Å². The van der Waals surface area contributed by atoms with Gasteiger partial charge in [-0.3, -0.25) is 0 Å². The lowest BCUT2D eigenvalue weighted by molar-refractivity contribution is 0.0133. The molecule has 184 valence electrons. The molecule has 3 heteroatoms. The highest BCUT2D eigenvalue weighted by atomic mass is 16.6. The highest BCUT2D eigenvalue weighted by molar-refractivity contribution is 5.42. The minimum atomic E-state index is 0.0334. The minimum absolute atomic E-state index is 0.0334. The first-order chi connectivity index (χ1) is 15.4. The highest BCUT2D eigenvalue weighted by Gasteiger charge is 2.63. The molecule has 0 saturated heterocycles. The maximum Gasteiger partial charge on any atom is 0.114 e. The summed E-state index contributed by atoms with van der Waals surface area (Å²) in [5.74, 6) is 3.19. The van der Waals surface area contributed by atoms with E-state index in [2.05, 4.69) is 65.7 Å². The SMILES string of the molecule is CC(C)CCC[C@@H](C)[C@@H]1CC[C@@]2(C)C3=C(CC[C@]12C)[C@@]1(C)Cc2nonc2C(C)(C)[C@@H]1CC3. The molecule has 4 aliphatic rings. The topological polar surface area (TPSA) is 38.9 Å². The Labute approximate surface area is 202 Å². The summed E-state index contributed by atoms with van der Waals surface area (Å²) in [5.41, 5.74) is 6.98. The lowest BCUT2D eigenvalue weighted by Gasteiger charge is -2.60. The van der Waals surface area contributed by atoms with Crippen LogP contribution in [0.5, 0.6) is 0 Å². The third-order valence-electron chi connectivity index (χ3n) is 11.8. The van der Waals surface area contributed by atoms with Crippen LogP contribution in [-0.4, -0.2) is 10.3 Å².